The molecule has 2 aromatic carbocycles. The lowest BCUT2D eigenvalue weighted by Crippen LogP contribution is -2.14. The second kappa shape index (κ2) is 6.26. The molecule has 2 aromatic rings. The van der Waals surface area contributed by atoms with Crippen molar-refractivity contribution in [1.82, 2.24) is 0 Å². The summed E-state index contributed by atoms with van der Waals surface area (Å²) in [7, 11) is 3.50. The minimum atomic E-state index is -0.419. The lowest BCUT2D eigenvalue weighted by atomic mass is 10.1. The standard InChI is InChI=1S/C16H16BrFN2O/c1-10-4-6-12(9-13(10)17)19-16(21)11-5-7-15(20(2)3)14(18)8-11/h4-9H,1-3H3,(H,19,21). The Balaban J connectivity index is 2.20. The van der Waals surface area contributed by atoms with E-state index in [0.717, 1.165) is 10.0 Å². The zero-order chi connectivity index (χ0) is 15.6. The molecule has 3 nitrogen and oxygen atoms in total. The van der Waals surface area contributed by atoms with Crippen molar-refractivity contribution in [3.8, 4) is 0 Å². The molecule has 0 saturated heterocycles. The van der Waals surface area contributed by atoms with Crippen LogP contribution in [0.25, 0.3) is 0 Å². The quantitative estimate of drug-likeness (QED) is 0.898. The van der Waals surface area contributed by atoms with Gasteiger partial charge < -0.3 is 10.2 Å². The summed E-state index contributed by atoms with van der Waals surface area (Å²) in [5.41, 5.74) is 2.48. The number of anilines is 2. The van der Waals surface area contributed by atoms with Crippen LogP contribution in [0.1, 0.15) is 15.9 Å². The summed E-state index contributed by atoms with van der Waals surface area (Å²) < 4.78 is 14.8. The van der Waals surface area contributed by atoms with Crippen LogP contribution in [0.15, 0.2) is 40.9 Å². The fourth-order valence-electron chi connectivity index (χ4n) is 1.88. The van der Waals surface area contributed by atoms with E-state index in [4.69, 9.17) is 0 Å². The van der Waals surface area contributed by atoms with E-state index in [1.807, 2.05) is 25.1 Å². The number of carbonyl (C=O) groups is 1. The SMILES string of the molecule is Cc1ccc(NC(=O)c2ccc(N(C)C)c(F)c2)cc1Br. The zero-order valence-electron chi connectivity index (χ0n) is 12.1. The van der Waals surface area contributed by atoms with Gasteiger partial charge in [-0.05, 0) is 42.8 Å². The van der Waals surface area contributed by atoms with Crippen LogP contribution >= 0.6 is 15.9 Å². The Morgan fingerprint density at radius 3 is 2.48 bits per heavy atom. The molecule has 5 heteroatoms. The topological polar surface area (TPSA) is 32.3 Å². The van der Waals surface area contributed by atoms with Crippen LogP contribution in [-0.4, -0.2) is 20.0 Å². The summed E-state index contributed by atoms with van der Waals surface area (Å²) in [6.07, 6.45) is 0. The third-order valence-corrected chi connectivity index (χ3v) is 3.98. The first-order valence-corrected chi connectivity index (χ1v) is 7.22. The van der Waals surface area contributed by atoms with Crippen molar-refractivity contribution >= 4 is 33.2 Å². The monoisotopic (exact) mass is 350 g/mol. The van der Waals surface area contributed by atoms with Crippen LogP contribution < -0.4 is 10.2 Å². The van der Waals surface area contributed by atoms with Crippen molar-refractivity contribution in [2.75, 3.05) is 24.3 Å². The normalized spacial score (nSPS) is 10.3. The number of nitrogens with zero attached hydrogens (tertiary/aromatic N) is 1. The molecular weight excluding hydrogens is 335 g/mol. The lowest BCUT2D eigenvalue weighted by Gasteiger charge is -2.14. The minimum Gasteiger partial charge on any atom is -0.375 e. The number of hydrogen-bond acceptors (Lipinski definition) is 2. The van der Waals surface area contributed by atoms with E-state index in [0.29, 0.717) is 11.4 Å². The Morgan fingerprint density at radius 2 is 1.90 bits per heavy atom. The third kappa shape index (κ3) is 3.61. The summed E-state index contributed by atoms with van der Waals surface area (Å²) in [6.45, 7) is 1.96. The Morgan fingerprint density at radius 1 is 1.19 bits per heavy atom. The average molecular weight is 351 g/mol. The van der Waals surface area contributed by atoms with E-state index in [2.05, 4.69) is 21.2 Å². The smallest absolute Gasteiger partial charge is 0.255 e. The number of aryl methyl sites for hydroxylation is 1. The van der Waals surface area contributed by atoms with E-state index in [-0.39, 0.29) is 11.5 Å². The van der Waals surface area contributed by atoms with Gasteiger partial charge in [0.15, 0.2) is 0 Å². The highest BCUT2D eigenvalue weighted by Gasteiger charge is 2.11. The molecule has 2 rings (SSSR count). The molecule has 0 aliphatic rings. The lowest BCUT2D eigenvalue weighted by molar-refractivity contribution is 0.102. The summed E-state index contributed by atoms with van der Waals surface area (Å²) in [5, 5.41) is 2.75. The second-order valence-electron chi connectivity index (χ2n) is 4.98. The molecular formula is C16H16BrFN2O. The average Bonchev–Trinajstić information content (AvgIpc) is 2.42. The Hall–Kier alpha value is -1.88. The highest BCUT2D eigenvalue weighted by molar-refractivity contribution is 9.10. The fraction of sp³-hybridized carbons (Fsp3) is 0.188. The van der Waals surface area contributed by atoms with Crippen LogP contribution in [0.5, 0.6) is 0 Å². The number of carbonyl (C=O) groups excluding carboxylic acids is 1. The molecule has 110 valence electrons. The van der Waals surface area contributed by atoms with E-state index in [1.165, 1.54) is 6.07 Å². The molecule has 0 aromatic heterocycles. The molecule has 0 aliphatic carbocycles. The number of rotatable bonds is 3. The van der Waals surface area contributed by atoms with Crippen LogP contribution in [0.4, 0.5) is 15.8 Å². The van der Waals surface area contributed by atoms with Gasteiger partial charge in [-0.25, -0.2) is 4.39 Å². The van der Waals surface area contributed by atoms with Gasteiger partial charge in [-0.3, -0.25) is 4.79 Å². The van der Waals surface area contributed by atoms with Gasteiger partial charge in [0.1, 0.15) is 5.82 Å². The molecule has 1 amide bonds. The van der Waals surface area contributed by atoms with E-state index < -0.39 is 5.82 Å². The van der Waals surface area contributed by atoms with Gasteiger partial charge in [0.25, 0.3) is 5.91 Å². The highest BCUT2D eigenvalue weighted by atomic mass is 79.9. The largest absolute Gasteiger partial charge is 0.375 e. The molecule has 0 radical (unpaired) electrons. The minimum absolute atomic E-state index is 0.287. The van der Waals surface area contributed by atoms with E-state index in [9.17, 15) is 9.18 Å². The van der Waals surface area contributed by atoms with Crippen molar-refractivity contribution in [3.63, 3.8) is 0 Å². The second-order valence-corrected chi connectivity index (χ2v) is 5.83. The van der Waals surface area contributed by atoms with Gasteiger partial charge in [-0.15, -0.1) is 0 Å². The van der Waals surface area contributed by atoms with Gasteiger partial charge >= 0.3 is 0 Å². The van der Waals surface area contributed by atoms with Crippen molar-refractivity contribution < 1.29 is 9.18 Å². The number of hydrogen-bond donors (Lipinski definition) is 1. The number of nitrogens with one attached hydrogen (secondary N) is 1. The first-order chi connectivity index (χ1) is 9.88. The molecule has 0 heterocycles. The molecule has 0 aliphatic heterocycles. The summed E-state index contributed by atoms with van der Waals surface area (Å²) in [5.74, 6) is -0.757. The first-order valence-electron chi connectivity index (χ1n) is 6.43. The summed E-state index contributed by atoms with van der Waals surface area (Å²) in [6, 6.07) is 9.97. The maximum absolute atomic E-state index is 13.9. The van der Waals surface area contributed by atoms with Gasteiger partial charge in [0.2, 0.25) is 0 Å². The maximum atomic E-state index is 13.9. The molecule has 0 fully saturated rings. The van der Waals surface area contributed by atoms with Crippen LogP contribution in [0, 0.1) is 12.7 Å². The van der Waals surface area contributed by atoms with Gasteiger partial charge in [0, 0.05) is 29.8 Å². The number of halogens is 2. The fourth-order valence-corrected chi connectivity index (χ4v) is 2.26. The van der Waals surface area contributed by atoms with Crippen molar-refractivity contribution in [2.45, 2.75) is 6.92 Å². The van der Waals surface area contributed by atoms with Crippen LogP contribution in [0.3, 0.4) is 0 Å². The first kappa shape index (κ1) is 15.5. The van der Waals surface area contributed by atoms with Crippen LogP contribution in [0.2, 0.25) is 0 Å². The Labute approximate surface area is 131 Å². The summed E-state index contributed by atoms with van der Waals surface area (Å²) >= 11 is 3.41. The van der Waals surface area contributed by atoms with E-state index in [1.54, 1.807) is 31.1 Å². The molecule has 0 saturated carbocycles. The Bertz CT molecular complexity index is 686. The molecule has 0 atom stereocenters. The molecule has 0 unspecified atom stereocenters. The van der Waals surface area contributed by atoms with Crippen molar-refractivity contribution in [1.29, 1.82) is 0 Å². The molecule has 1 N–H and O–H groups in total. The number of benzene rings is 2. The maximum Gasteiger partial charge on any atom is 0.255 e. The Kier molecular flexibility index (Phi) is 4.63. The predicted octanol–water partition coefficient (Wildman–Crippen LogP) is 4.21. The van der Waals surface area contributed by atoms with Crippen molar-refractivity contribution in [3.05, 3.63) is 57.8 Å². The zero-order valence-corrected chi connectivity index (χ0v) is 13.7. The predicted molar refractivity (Wildman–Crippen MR) is 87.6 cm³/mol. The van der Waals surface area contributed by atoms with Crippen molar-refractivity contribution in [2.24, 2.45) is 0 Å². The molecule has 0 spiro atoms. The summed E-state index contributed by atoms with van der Waals surface area (Å²) in [4.78, 5) is 13.8. The van der Waals surface area contributed by atoms with Gasteiger partial charge in [0.05, 0.1) is 5.69 Å². The number of amides is 1. The molecule has 21 heavy (non-hydrogen) atoms. The van der Waals surface area contributed by atoms with E-state index >= 15 is 0 Å². The highest BCUT2D eigenvalue weighted by Crippen LogP contribution is 2.22. The van der Waals surface area contributed by atoms with Gasteiger partial charge in [-0.2, -0.15) is 0 Å². The van der Waals surface area contributed by atoms with Gasteiger partial charge in [-0.1, -0.05) is 22.0 Å². The third-order valence-electron chi connectivity index (χ3n) is 3.12. The molecule has 0 bridgehead atoms. The van der Waals surface area contributed by atoms with Crippen LogP contribution in [-0.2, 0) is 0 Å².